The number of para-hydroxylation sites is 1. The SMILES string of the molecule is O=C(O)c1cccc(NC2CCN(C(=O)COc3ccccc3)C2)n1. The number of nitrogens with zero attached hydrogens (tertiary/aromatic N) is 2. The van der Waals surface area contributed by atoms with Gasteiger partial charge in [-0.1, -0.05) is 24.3 Å². The van der Waals surface area contributed by atoms with E-state index in [4.69, 9.17) is 9.84 Å². The van der Waals surface area contributed by atoms with Crippen molar-refractivity contribution in [3.8, 4) is 5.75 Å². The Morgan fingerprint density at radius 3 is 2.76 bits per heavy atom. The maximum absolute atomic E-state index is 12.2. The normalized spacial score (nSPS) is 16.5. The number of likely N-dealkylation sites (tertiary alicyclic amines) is 1. The van der Waals surface area contributed by atoms with Crippen LogP contribution in [0.15, 0.2) is 48.5 Å². The molecule has 2 N–H and O–H groups in total. The Labute approximate surface area is 145 Å². The third kappa shape index (κ3) is 4.47. The number of carbonyl (C=O) groups is 2. The number of rotatable bonds is 6. The van der Waals surface area contributed by atoms with Gasteiger partial charge in [-0.15, -0.1) is 0 Å². The third-order valence-electron chi connectivity index (χ3n) is 3.97. The average molecular weight is 341 g/mol. The fraction of sp³-hybridized carbons (Fsp3) is 0.278. The van der Waals surface area contributed by atoms with Gasteiger partial charge < -0.3 is 20.1 Å². The summed E-state index contributed by atoms with van der Waals surface area (Å²) in [6.07, 6.45) is 0.774. The molecule has 1 aliphatic rings. The summed E-state index contributed by atoms with van der Waals surface area (Å²) in [5, 5.41) is 12.2. The Morgan fingerprint density at radius 2 is 2.00 bits per heavy atom. The molecule has 0 aliphatic carbocycles. The molecule has 1 aromatic heterocycles. The van der Waals surface area contributed by atoms with Crippen LogP contribution in [0.4, 0.5) is 5.82 Å². The Bertz CT molecular complexity index is 751. The molecule has 25 heavy (non-hydrogen) atoms. The van der Waals surface area contributed by atoms with Gasteiger partial charge in [0.05, 0.1) is 0 Å². The van der Waals surface area contributed by atoms with E-state index in [0.29, 0.717) is 24.7 Å². The lowest BCUT2D eigenvalue weighted by Gasteiger charge is -2.17. The van der Waals surface area contributed by atoms with Crippen LogP contribution in [0.25, 0.3) is 0 Å². The number of benzene rings is 1. The maximum atomic E-state index is 12.2. The summed E-state index contributed by atoms with van der Waals surface area (Å²) >= 11 is 0. The molecule has 2 heterocycles. The first kappa shape index (κ1) is 16.8. The third-order valence-corrected chi connectivity index (χ3v) is 3.97. The van der Waals surface area contributed by atoms with Crippen LogP contribution >= 0.6 is 0 Å². The minimum atomic E-state index is -1.06. The molecule has 130 valence electrons. The van der Waals surface area contributed by atoms with Gasteiger partial charge >= 0.3 is 5.97 Å². The van der Waals surface area contributed by atoms with E-state index in [0.717, 1.165) is 6.42 Å². The molecule has 1 aromatic carbocycles. The first-order valence-corrected chi connectivity index (χ1v) is 8.04. The van der Waals surface area contributed by atoms with Crippen LogP contribution in [0, 0.1) is 0 Å². The summed E-state index contributed by atoms with van der Waals surface area (Å²) in [4.78, 5) is 29.0. The molecule has 1 aliphatic heterocycles. The summed E-state index contributed by atoms with van der Waals surface area (Å²) in [6.45, 7) is 1.17. The van der Waals surface area contributed by atoms with Crippen LogP contribution in [0.3, 0.4) is 0 Å². The van der Waals surface area contributed by atoms with Crippen molar-refractivity contribution in [2.75, 3.05) is 25.0 Å². The van der Waals surface area contributed by atoms with Crippen molar-refractivity contribution >= 4 is 17.7 Å². The van der Waals surface area contributed by atoms with E-state index in [1.54, 1.807) is 17.0 Å². The average Bonchev–Trinajstić information content (AvgIpc) is 3.09. The number of carboxylic acids is 1. The number of amides is 1. The Kier molecular flexibility index (Phi) is 5.13. The number of ether oxygens (including phenoxy) is 1. The van der Waals surface area contributed by atoms with Gasteiger partial charge in [-0.2, -0.15) is 0 Å². The van der Waals surface area contributed by atoms with Gasteiger partial charge in [0, 0.05) is 19.1 Å². The van der Waals surface area contributed by atoms with Gasteiger partial charge in [-0.25, -0.2) is 9.78 Å². The Morgan fingerprint density at radius 1 is 1.20 bits per heavy atom. The predicted octanol–water partition coefficient (Wildman–Crippen LogP) is 1.87. The summed E-state index contributed by atoms with van der Waals surface area (Å²) in [5.74, 6) is 0.0319. The molecule has 2 aromatic rings. The van der Waals surface area contributed by atoms with Crippen molar-refractivity contribution in [3.05, 3.63) is 54.2 Å². The van der Waals surface area contributed by atoms with Crippen molar-refractivity contribution in [2.45, 2.75) is 12.5 Å². The van der Waals surface area contributed by atoms with E-state index in [2.05, 4.69) is 10.3 Å². The molecule has 1 amide bonds. The number of pyridine rings is 1. The fourth-order valence-electron chi connectivity index (χ4n) is 2.70. The maximum Gasteiger partial charge on any atom is 0.354 e. The molecular formula is C18H19N3O4. The quantitative estimate of drug-likeness (QED) is 0.833. The van der Waals surface area contributed by atoms with E-state index < -0.39 is 5.97 Å². The highest BCUT2D eigenvalue weighted by molar-refractivity contribution is 5.85. The summed E-state index contributed by atoms with van der Waals surface area (Å²) in [6, 6.07) is 14.1. The molecule has 1 unspecified atom stereocenters. The number of nitrogens with one attached hydrogen (secondary N) is 1. The molecule has 0 spiro atoms. The van der Waals surface area contributed by atoms with Crippen molar-refractivity contribution in [1.82, 2.24) is 9.88 Å². The minimum Gasteiger partial charge on any atom is -0.484 e. The highest BCUT2D eigenvalue weighted by atomic mass is 16.5. The number of aromatic carboxylic acids is 1. The zero-order chi connectivity index (χ0) is 17.6. The summed E-state index contributed by atoms with van der Waals surface area (Å²) in [7, 11) is 0. The highest BCUT2D eigenvalue weighted by Crippen LogP contribution is 2.16. The first-order chi connectivity index (χ1) is 12.1. The number of hydrogen-bond acceptors (Lipinski definition) is 5. The topological polar surface area (TPSA) is 91.8 Å². The van der Waals surface area contributed by atoms with Crippen LogP contribution in [0.1, 0.15) is 16.9 Å². The molecule has 0 radical (unpaired) electrons. The van der Waals surface area contributed by atoms with Crippen LogP contribution in [-0.4, -0.2) is 52.6 Å². The number of carbonyl (C=O) groups excluding carboxylic acids is 1. The zero-order valence-corrected chi connectivity index (χ0v) is 13.6. The van der Waals surface area contributed by atoms with Crippen LogP contribution < -0.4 is 10.1 Å². The number of hydrogen-bond donors (Lipinski definition) is 2. The molecule has 0 bridgehead atoms. The van der Waals surface area contributed by atoms with Gasteiger partial charge in [0.15, 0.2) is 12.3 Å². The molecule has 0 saturated carbocycles. The fourth-order valence-corrected chi connectivity index (χ4v) is 2.70. The predicted molar refractivity (Wildman–Crippen MR) is 91.7 cm³/mol. The van der Waals surface area contributed by atoms with Gasteiger partial charge in [-0.3, -0.25) is 4.79 Å². The van der Waals surface area contributed by atoms with Crippen LogP contribution in [-0.2, 0) is 4.79 Å². The largest absolute Gasteiger partial charge is 0.484 e. The molecule has 7 nitrogen and oxygen atoms in total. The van der Waals surface area contributed by atoms with E-state index in [9.17, 15) is 9.59 Å². The second-order valence-corrected chi connectivity index (χ2v) is 5.78. The van der Waals surface area contributed by atoms with Gasteiger partial charge in [-0.05, 0) is 30.7 Å². The van der Waals surface area contributed by atoms with E-state index in [1.165, 1.54) is 6.07 Å². The Hall–Kier alpha value is -3.09. The molecule has 1 atom stereocenters. The smallest absolute Gasteiger partial charge is 0.354 e. The zero-order valence-electron chi connectivity index (χ0n) is 13.6. The first-order valence-electron chi connectivity index (χ1n) is 8.04. The molecular weight excluding hydrogens is 322 g/mol. The minimum absolute atomic E-state index is 0.00346. The van der Waals surface area contributed by atoms with Crippen molar-refractivity contribution in [3.63, 3.8) is 0 Å². The molecule has 1 saturated heterocycles. The van der Waals surface area contributed by atoms with Crippen LogP contribution in [0.2, 0.25) is 0 Å². The van der Waals surface area contributed by atoms with E-state index in [-0.39, 0.29) is 24.2 Å². The summed E-state index contributed by atoms with van der Waals surface area (Å²) < 4.78 is 5.49. The number of anilines is 1. The molecule has 1 fully saturated rings. The lowest BCUT2D eigenvalue weighted by molar-refractivity contribution is -0.132. The van der Waals surface area contributed by atoms with E-state index >= 15 is 0 Å². The standard InChI is InChI=1S/C18H19N3O4/c22-17(12-25-14-5-2-1-3-6-14)21-10-9-13(11-21)19-16-8-4-7-15(20-16)18(23)24/h1-8,13H,9-12H2,(H,19,20)(H,23,24). The van der Waals surface area contributed by atoms with Gasteiger partial charge in [0.2, 0.25) is 0 Å². The van der Waals surface area contributed by atoms with Crippen molar-refractivity contribution < 1.29 is 19.4 Å². The van der Waals surface area contributed by atoms with Crippen molar-refractivity contribution in [2.24, 2.45) is 0 Å². The summed E-state index contributed by atoms with van der Waals surface area (Å²) in [5.41, 5.74) is -0.00723. The lowest BCUT2D eigenvalue weighted by atomic mass is 10.2. The molecule has 7 heteroatoms. The number of carboxylic acid groups (broad SMARTS) is 1. The van der Waals surface area contributed by atoms with E-state index in [1.807, 2.05) is 30.3 Å². The van der Waals surface area contributed by atoms with Gasteiger partial charge in [0.25, 0.3) is 5.91 Å². The monoisotopic (exact) mass is 341 g/mol. The van der Waals surface area contributed by atoms with Gasteiger partial charge in [0.1, 0.15) is 11.6 Å². The Balaban J connectivity index is 1.50. The van der Waals surface area contributed by atoms with Crippen molar-refractivity contribution in [1.29, 1.82) is 0 Å². The number of aromatic nitrogens is 1. The highest BCUT2D eigenvalue weighted by Gasteiger charge is 2.26. The lowest BCUT2D eigenvalue weighted by Crippen LogP contribution is -2.35. The van der Waals surface area contributed by atoms with Crippen LogP contribution in [0.5, 0.6) is 5.75 Å². The molecule has 3 rings (SSSR count). The second-order valence-electron chi connectivity index (χ2n) is 5.78. The second kappa shape index (κ2) is 7.65.